The third-order valence-electron chi connectivity index (χ3n) is 13.6. The Bertz CT molecular complexity index is 3530. The van der Waals surface area contributed by atoms with Crippen LogP contribution in [0.1, 0.15) is 13.3 Å². The van der Waals surface area contributed by atoms with Crippen molar-refractivity contribution < 1.29 is 0 Å². The van der Waals surface area contributed by atoms with E-state index < -0.39 is 0 Å². The Morgan fingerprint density at radius 3 is 0.887 bits per heavy atom. The van der Waals surface area contributed by atoms with Crippen molar-refractivity contribution in [2.24, 2.45) is 5.92 Å². The first kappa shape index (κ1) is 43.2. The number of nitrogens with zero attached hydrogens (tertiary/aromatic N) is 4. The molecule has 0 aromatic heterocycles. The standard InChI is InChI=1S/C67H52N4/c1-49-15-14-26-64(45-49)71(67-32-29-52-18-10-13-21-55(52)48-67)63-43-37-60(38-44-63)68(58-33-39-61(40-34-58)69(56-22-4-2-5-23-56)65-30-27-50-16-8-11-19-53(50)46-65)59-35-41-62(42-36-59)70(57-24-6-3-7-25-57)66-31-28-51-17-9-12-20-54(51)47-66/h2-14,16-49H,15H2,1H3. The van der Waals surface area contributed by atoms with Gasteiger partial charge < -0.3 is 19.6 Å². The first-order valence-corrected chi connectivity index (χ1v) is 24.6. The lowest BCUT2D eigenvalue weighted by atomic mass is 9.99. The molecule has 0 amide bonds. The Hall–Kier alpha value is -9.12. The van der Waals surface area contributed by atoms with E-state index >= 15 is 0 Å². The average Bonchev–Trinajstić information content (AvgIpc) is 3.43. The van der Waals surface area contributed by atoms with Crippen molar-refractivity contribution in [1.82, 2.24) is 0 Å². The van der Waals surface area contributed by atoms with Crippen LogP contribution >= 0.6 is 0 Å². The molecule has 1 aliphatic carbocycles. The van der Waals surface area contributed by atoms with Gasteiger partial charge in [0.1, 0.15) is 0 Å². The van der Waals surface area contributed by atoms with E-state index in [0.717, 1.165) is 69.0 Å². The lowest BCUT2D eigenvalue weighted by molar-refractivity contribution is 0.726. The number of hydrogen-bond acceptors (Lipinski definition) is 4. The highest BCUT2D eigenvalue weighted by Crippen LogP contribution is 2.44. The molecule has 4 nitrogen and oxygen atoms in total. The maximum absolute atomic E-state index is 2.40. The van der Waals surface area contributed by atoms with Crippen LogP contribution in [-0.2, 0) is 0 Å². The zero-order chi connectivity index (χ0) is 47.5. The molecule has 0 aliphatic heterocycles. The van der Waals surface area contributed by atoms with Gasteiger partial charge in [-0.3, -0.25) is 0 Å². The van der Waals surface area contributed by atoms with Crippen molar-refractivity contribution in [3.63, 3.8) is 0 Å². The summed E-state index contributed by atoms with van der Waals surface area (Å²) in [7, 11) is 0. The molecule has 11 aromatic rings. The Morgan fingerprint density at radius 1 is 0.268 bits per heavy atom. The summed E-state index contributed by atoms with van der Waals surface area (Å²) < 4.78 is 0. The minimum Gasteiger partial charge on any atom is -0.311 e. The van der Waals surface area contributed by atoms with E-state index in [0.29, 0.717) is 5.92 Å². The van der Waals surface area contributed by atoms with Crippen molar-refractivity contribution in [1.29, 1.82) is 0 Å². The minimum atomic E-state index is 0.441. The minimum absolute atomic E-state index is 0.441. The molecule has 1 atom stereocenters. The normalized spacial score (nSPS) is 13.3. The average molecular weight is 913 g/mol. The Morgan fingerprint density at radius 2 is 0.535 bits per heavy atom. The molecule has 0 saturated carbocycles. The molecule has 1 aliphatic rings. The van der Waals surface area contributed by atoms with Crippen LogP contribution in [0.2, 0.25) is 0 Å². The van der Waals surface area contributed by atoms with Crippen molar-refractivity contribution in [2.75, 3.05) is 19.6 Å². The van der Waals surface area contributed by atoms with Crippen molar-refractivity contribution in [3.8, 4) is 0 Å². The summed E-state index contributed by atoms with van der Waals surface area (Å²) in [5, 5.41) is 7.30. The number of fused-ring (bicyclic) bond motifs is 3. The molecule has 12 rings (SSSR count). The molecule has 0 heterocycles. The van der Waals surface area contributed by atoms with Gasteiger partial charge in [-0.1, -0.05) is 146 Å². The maximum atomic E-state index is 2.40. The van der Waals surface area contributed by atoms with E-state index in [2.05, 4.69) is 306 Å². The number of anilines is 11. The summed E-state index contributed by atoms with van der Waals surface area (Å²) >= 11 is 0. The molecule has 0 bridgehead atoms. The highest BCUT2D eigenvalue weighted by Gasteiger charge is 2.21. The van der Waals surface area contributed by atoms with E-state index in [1.807, 2.05) is 0 Å². The fourth-order valence-electron chi connectivity index (χ4n) is 10.1. The zero-order valence-electron chi connectivity index (χ0n) is 39.6. The van der Waals surface area contributed by atoms with Crippen molar-refractivity contribution >= 4 is 94.9 Å². The molecule has 0 N–H and O–H groups in total. The van der Waals surface area contributed by atoms with Crippen LogP contribution < -0.4 is 19.6 Å². The fraction of sp³-hybridized carbons (Fsp3) is 0.0448. The van der Waals surface area contributed by atoms with Gasteiger partial charge in [0.2, 0.25) is 0 Å². The van der Waals surface area contributed by atoms with Gasteiger partial charge in [-0.2, -0.15) is 0 Å². The van der Waals surface area contributed by atoms with Gasteiger partial charge in [0.15, 0.2) is 0 Å². The van der Waals surface area contributed by atoms with Crippen molar-refractivity contribution in [2.45, 2.75) is 13.3 Å². The largest absolute Gasteiger partial charge is 0.311 e. The smallest absolute Gasteiger partial charge is 0.0468 e. The Labute approximate surface area is 416 Å². The van der Waals surface area contributed by atoms with Gasteiger partial charge in [0.25, 0.3) is 0 Å². The van der Waals surface area contributed by atoms with Gasteiger partial charge in [-0.25, -0.2) is 0 Å². The Balaban J connectivity index is 0.962. The van der Waals surface area contributed by atoms with Gasteiger partial charge >= 0.3 is 0 Å². The predicted molar refractivity (Wildman–Crippen MR) is 303 cm³/mol. The molecule has 1 unspecified atom stereocenters. The topological polar surface area (TPSA) is 13.0 Å². The van der Waals surface area contributed by atoms with Crippen LogP contribution in [0, 0.1) is 5.92 Å². The monoisotopic (exact) mass is 912 g/mol. The zero-order valence-corrected chi connectivity index (χ0v) is 39.6. The first-order chi connectivity index (χ1) is 35.1. The molecule has 4 heteroatoms. The maximum Gasteiger partial charge on any atom is 0.0468 e. The summed E-state index contributed by atoms with van der Waals surface area (Å²) in [5.41, 5.74) is 13.1. The van der Waals surface area contributed by atoms with E-state index in [4.69, 9.17) is 0 Å². The van der Waals surface area contributed by atoms with Gasteiger partial charge in [0, 0.05) is 68.3 Å². The van der Waals surface area contributed by atoms with E-state index in [-0.39, 0.29) is 0 Å². The Kier molecular flexibility index (Phi) is 11.6. The second-order valence-electron chi connectivity index (χ2n) is 18.4. The van der Waals surface area contributed by atoms with Crippen LogP contribution in [0.4, 0.5) is 62.6 Å². The quantitative estimate of drug-likeness (QED) is 0.121. The molecule has 340 valence electrons. The lowest BCUT2D eigenvalue weighted by Crippen LogP contribution is -2.18. The van der Waals surface area contributed by atoms with Gasteiger partial charge in [0.05, 0.1) is 0 Å². The van der Waals surface area contributed by atoms with E-state index in [1.165, 1.54) is 38.0 Å². The molecular weight excluding hydrogens is 861 g/mol. The van der Waals surface area contributed by atoms with E-state index in [1.54, 1.807) is 0 Å². The van der Waals surface area contributed by atoms with Crippen LogP contribution in [0.5, 0.6) is 0 Å². The van der Waals surface area contributed by atoms with Crippen LogP contribution in [0.25, 0.3) is 32.3 Å². The molecule has 0 spiro atoms. The number of para-hydroxylation sites is 2. The third-order valence-corrected chi connectivity index (χ3v) is 13.6. The van der Waals surface area contributed by atoms with Gasteiger partial charge in [-0.05, 0) is 184 Å². The molecule has 71 heavy (non-hydrogen) atoms. The first-order valence-electron chi connectivity index (χ1n) is 24.6. The molecule has 0 saturated heterocycles. The predicted octanol–water partition coefficient (Wildman–Crippen LogP) is 19.2. The summed E-state index contributed by atoms with van der Waals surface area (Å²) in [6.07, 6.45) is 8.00. The number of rotatable bonds is 12. The number of benzene rings is 11. The molecule has 0 radical (unpaired) electrons. The SMILES string of the molecule is CC1C=C(N(c2ccc(N(c3ccc(N(c4ccccc4)c4ccc5ccccc5c4)cc3)c3ccc(N(c4ccccc4)c4ccc5ccccc5c4)cc3)cc2)c2ccc3ccccc3c2)C=CC1. The summed E-state index contributed by atoms with van der Waals surface area (Å²) in [6, 6.07) is 94.2. The molecule has 11 aromatic carbocycles. The summed E-state index contributed by atoms with van der Waals surface area (Å²) in [4.78, 5) is 9.44. The highest BCUT2D eigenvalue weighted by atomic mass is 15.2. The molecule has 0 fully saturated rings. The van der Waals surface area contributed by atoms with E-state index in [9.17, 15) is 0 Å². The number of allylic oxidation sites excluding steroid dienone is 3. The third kappa shape index (κ3) is 8.80. The van der Waals surface area contributed by atoms with Gasteiger partial charge in [-0.15, -0.1) is 0 Å². The fourth-order valence-corrected chi connectivity index (χ4v) is 10.1. The lowest BCUT2D eigenvalue weighted by Gasteiger charge is -2.31. The van der Waals surface area contributed by atoms with Crippen LogP contribution in [-0.4, -0.2) is 0 Å². The highest BCUT2D eigenvalue weighted by molar-refractivity contribution is 5.92. The second kappa shape index (κ2) is 19.1. The number of hydrogen-bond donors (Lipinski definition) is 0. The summed E-state index contributed by atoms with van der Waals surface area (Å²) in [5.74, 6) is 0.441. The van der Waals surface area contributed by atoms with Crippen LogP contribution in [0.15, 0.2) is 285 Å². The second-order valence-corrected chi connectivity index (χ2v) is 18.4. The van der Waals surface area contributed by atoms with Crippen molar-refractivity contribution in [3.05, 3.63) is 285 Å². The van der Waals surface area contributed by atoms with Crippen LogP contribution in [0.3, 0.4) is 0 Å². The summed E-state index contributed by atoms with van der Waals surface area (Å²) in [6.45, 7) is 2.29. The molecular formula is C67H52N4.